The topological polar surface area (TPSA) is 75.7 Å². The maximum Gasteiger partial charge on any atom is 0.306 e. The third-order valence-electron chi connectivity index (χ3n) is 4.51. The van der Waals surface area contributed by atoms with Crippen molar-refractivity contribution in [2.45, 2.75) is 51.3 Å². The molecule has 0 unspecified atom stereocenters. The number of likely N-dealkylation sites (N-methyl/N-ethyl adjacent to an activating group) is 1. The van der Waals surface area contributed by atoms with Crippen LogP contribution in [0.1, 0.15) is 44.8 Å². The van der Waals surface area contributed by atoms with Crippen LogP contribution in [0.4, 0.5) is 0 Å². The van der Waals surface area contributed by atoms with Crippen LogP contribution in [-0.2, 0) is 19.1 Å². The monoisotopic (exact) mass is 358 g/mol. The summed E-state index contributed by atoms with van der Waals surface area (Å²) in [5, 5.41) is 2.71. The summed E-state index contributed by atoms with van der Waals surface area (Å²) >= 11 is 0. The second kappa shape index (κ2) is 9.17. The number of carbonyl (C=O) groups is 3. The van der Waals surface area contributed by atoms with E-state index in [1.165, 1.54) is 6.92 Å². The quantitative estimate of drug-likeness (QED) is 0.650. The lowest BCUT2D eigenvalue weighted by atomic mass is 10.0. The van der Waals surface area contributed by atoms with Gasteiger partial charge in [-0.05, 0) is 25.3 Å². The molecule has 0 aliphatic carbocycles. The standard InChI is InChI=1S/C20H26N2O4/c1-14-19(16-10-6-4-7-11-16)26-18(24)13-9-5-8-12-17(21-15(2)23)20(25)22(14)3/h4-8,10-11,14,17,19H,9,12-13H2,1-3H3,(H,21,23)/b8-5+/t14-,17-,19+/m1/s1. The Morgan fingerprint density at radius 3 is 2.54 bits per heavy atom. The molecule has 1 aromatic carbocycles. The number of cyclic esters (lactones) is 1. The molecule has 1 heterocycles. The molecule has 2 rings (SSSR count). The lowest BCUT2D eigenvalue weighted by Crippen LogP contribution is -2.50. The minimum atomic E-state index is -0.636. The van der Waals surface area contributed by atoms with E-state index in [0.29, 0.717) is 12.8 Å². The van der Waals surface area contributed by atoms with E-state index in [1.807, 2.05) is 49.4 Å². The van der Waals surface area contributed by atoms with Crippen LogP contribution in [0.2, 0.25) is 0 Å². The normalized spacial score (nSPS) is 26.3. The first-order valence-corrected chi connectivity index (χ1v) is 8.83. The van der Waals surface area contributed by atoms with Crippen molar-refractivity contribution in [1.29, 1.82) is 0 Å². The van der Waals surface area contributed by atoms with Crippen molar-refractivity contribution in [3.8, 4) is 0 Å². The van der Waals surface area contributed by atoms with E-state index in [1.54, 1.807) is 11.9 Å². The molecular formula is C20H26N2O4. The number of hydrogen-bond acceptors (Lipinski definition) is 4. The Morgan fingerprint density at radius 2 is 1.88 bits per heavy atom. The first-order chi connectivity index (χ1) is 12.4. The van der Waals surface area contributed by atoms with Crippen molar-refractivity contribution in [2.24, 2.45) is 0 Å². The molecule has 3 atom stereocenters. The first-order valence-electron chi connectivity index (χ1n) is 8.83. The van der Waals surface area contributed by atoms with Crippen LogP contribution >= 0.6 is 0 Å². The summed E-state index contributed by atoms with van der Waals surface area (Å²) < 4.78 is 5.70. The van der Waals surface area contributed by atoms with Crippen molar-refractivity contribution < 1.29 is 19.1 Å². The third-order valence-corrected chi connectivity index (χ3v) is 4.51. The molecule has 140 valence electrons. The molecule has 6 heteroatoms. The van der Waals surface area contributed by atoms with Gasteiger partial charge in [-0.15, -0.1) is 0 Å². The maximum atomic E-state index is 12.9. The van der Waals surface area contributed by atoms with E-state index in [0.717, 1.165) is 5.56 Å². The molecule has 0 aromatic heterocycles. The Labute approximate surface area is 154 Å². The average molecular weight is 358 g/mol. The zero-order valence-electron chi connectivity index (χ0n) is 15.5. The third kappa shape index (κ3) is 5.18. The van der Waals surface area contributed by atoms with Gasteiger partial charge < -0.3 is 15.0 Å². The van der Waals surface area contributed by atoms with Gasteiger partial charge in [0.1, 0.15) is 12.1 Å². The van der Waals surface area contributed by atoms with E-state index in [4.69, 9.17) is 4.74 Å². The molecule has 0 saturated heterocycles. The van der Waals surface area contributed by atoms with Gasteiger partial charge in [0.2, 0.25) is 11.8 Å². The summed E-state index contributed by atoms with van der Waals surface area (Å²) in [6.45, 7) is 3.24. The number of hydrogen-bond donors (Lipinski definition) is 1. The van der Waals surface area contributed by atoms with Gasteiger partial charge in [0, 0.05) is 20.4 Å². The molecule has 2 amide bonds. The second-order valence-corrected chi connectivity index (χ2v) is 6.51. The fourth-order valence-electron chi connectivity index (χ4n) is 2.96. The lowest BCUT2D eigenvalue weighted by molar-refractivity contribution is -0.156. The lowest BCUT2D eigenvalue weighted by Gasteiger charge is -2.34. The molecule has 26 heavy (non-hydrogen) atoms. The van der Waals surface area contributed by atoms with Crippen molar-refractivity contribution in [3.05, 3.63) is 48.0 Å². The molecule has 1 N–H and O–H groups in total. The Balaban J connectivity index is 2.34. The van der Waals surface area contributed by atoms with Crippen LogP contribution in [0.15, 0.2) is 42.5 Å². The van der Waals surface area contributed by atoms with Crippen molar-refractivity contribution in [2.75, 3.05) is 7.05 Å². The Bertz CT molecular complexity index is 672. The fourth-order valence-corrected chi connectivity index (χ4v) is 2.96. The van der Waals surface area contributed by atoms with E-state index in [9.17, 15) is 14.4 Å². The summed E-state index contributed by atoms with van der Waals surface area (Å²) in [6, 6.07) is 8.37. The first kappa shape index (κ1) is 19.7. The highest BCUT2D eigenvalue weighted by atomic mass is 16.5. The average Bonchev–Trinajstić information content (AvgIpc) is 2.62. The van der Waals surface area contributed by atoms with E-state index < -0.39 is 12.1 Å². The summed E-state index contributed by atoms with van der Waals surface area (Å²) in [6.07, 6.45) is 4.28. The van der Waals surface area contributed by atoms with Crippen molar-refractivity contribution in [3.63, 3.8) is 0 Å². The van der Waals surface area contributed by atoms with Crippen LogP contribution in [0, 0.1) is 0 Å². The number of benzene rings is 1. The summed E-state index contributed by atoms with van der Waals surface area (Å²) in [4.78, 5) is 38.1. The van der Waals surface area contributed by atoms with Gasteiger partial charge in [0.15, 0.2) is 0 Å². The van der Waals surface area contributed by atoms with Crippen LogP contribution in [0.25, 0.3) is 0 Å². The Kier molecular flexibility index (Phi) is 6.95. The number of amides is 2. The van der Waals surface area contributed by atoms with Crippen LogP contribution in [-0.4, -0.2) is 41.8 Å². The minimum absolute atomic E-state index is 0.213. The molecule has 1 aliphatic rings. The largest absolute Gasteiger partial charge is 0.455 e. The predicted octanol–water partition coefficient (Wildman–Crippen LogP) is 2.36. The maximum absolute atomic E-state index is 12.9. The predicted molar refractivity (Wildman–Crippen MR) is 98.1 cm³/mol. The number of allylic oxidation sites excluding steroid dienone is 1. The molecule has 1 aliphatic heterocycles. The van der Waals surface area contributed by atoms with Gasteiger partial charge in [-0.2, -0.15) is 0 Å². The number of rotatable bonds is 2. The zero-order chi connectivity index (χ0) is 19.1. The zero-order valence-corrected chi connectivity index (χ0v) is 15.5. The summed E-state index contributed by atoms with van der Waals surface area (Å²) in [5.41, 5.74) is 0.830. The second-order valence-electron chi connectivity index (χ2n) is 6.51. The number of nitrogens with one attached hydrogen (secondary N) is 1. The van der Waals surface area contributed by atoms with Crippen molar-refractivity contribution >= 4 is 17.8 Å². The molecule has 0 radical (unpaired) electrons. The summed E-state index contributed by atoms with van der Waals surface area (Å²) in [5.74, 6) is -0.763. The van der Waals surface area contributed by atoms with Gasteiger partial charge in [-0.3, -0.25) is 14.4 Å². The van der Waals surface area contributed by atoms with Crippen LogP contribution < -0.4 is 5.32 Å². The highest BCUT2D eigenvalue weighted by Gasteiger charge is 2.32. The molecule has 0 fully saturated rings. The van der Waals surface area contributed by atoms with Crippen LogP contribution in [0.5, 0.6) is 0 Å². The van der Waals surface area contributed by atoms with Gasteiger partial charge in [0.05, 0.1) is 6.04 Å². The molecule has 6 nitrogen and oxygen atoms in total. The molecule has 1 aromatic rings. The van der Waals surface area contributed by atoms with E-state index >= 15 is 0 Å². The molecule has 0 spiro atoms. The molecular weight excluding hydrogens is 332 g/mol. The van der Waals surface area contributed by atoms with Gasteiger partial charge in [-0.1, -0.05) is 42.5 Å². The van der Waals surface area contributed by atoms with Crippen molar-refractivity contribution in [1.82, 2.24) is 10.2 Å². The smallest absolute Gasteiger partial charge is 0.306 e. The highest BCUT2D eigenvalue weighted by Crippen LogP contribution is 2.26. The summed E-state index contributed by atoms with van der Waals surface area (Å²) in [7, 11) is 1.67. The highest BCUT2D eigenvalue weighted by molar-refractivity contribution is 5.87. The minimum Gasteiger partial charge on any atom is -0.455 e. The van der Waals surface area contributed by atoms with E-state index in [-0.39, 0.29) is 30.2 Å². The fraction of sp³-hybridized carbons (Fsp3) is 0.450. The number of ether oxygens (including phenoxy) is 1. The SMILES string of the molecule is CC(=O)N[C@@H]1C/C=C/CCC(=O)O[C@H](c2ccccc2)[C@@H](C)N(C)C1=O. The Hall–Kier alpha value is -2.63. The number of carbonyl (C=O) groups excluding carboxylic acids is 3. The number of esters is 1. The van der Waals surface area contributed by atoms with Gasteiger partial charge >= 0.3 is 5.97 Å². The molecule has 0 bridgehead atoms. The van der Waals surface area contributed by atoms with E-state index in [2.05, 4.69) is 5.32 Å². The van der Waals surface area contributed by atoms with Gasteiger partial charge in [-0.25, -0.2) is 0 Å². The van der Waals surface area contributed by atoms with Gasteiger partial charge in [0.25, 0.3) is 0 Å². The van der Waals surface area contributed by atoms with Crippen LogP contribution in [0.3, 0.4) is 0 Å². The Morgan fingerprint density at radius 1 is 1.19 bits per heavy atom. The number of nitrogens with zero attached hydrogens (tertiary/aromatic N) is 1. The molecule has 0 saturated carbocycles.